The quantitative estimate of drug-likeness (QED) is 0.791. The van der Waals surface area contributed by atoms with E-state index in [0.29, 0.717) is 0 Å². The van der Waals surface area contributed by atoms with E-state index in [4.69, 9.17) is 11.5 Å². The lowest BCUT2D eigenvalue weighted by molar-refractivity contribution is 0.724. The number of hydrogen-bond acceptors (Lipinski definition) is 2. The number of hydrogen-bond donors (Lipinski definition) is 2. The number of benzene rings is 2. The van der Waals surface area contributed by atoms with Gasteiger partial charge in [-0.1, -0.05) is 48.0 Å². The van der Waals surface area contributed by atoms with E-state index in [-0.39, 0.29) is 6.04 Å². The fourth-order valence-electron chi connectivity index (χ4n) is 2.05. The Morgan fingerprint density at radius 3 is 2.53 bits per heavy atom. The van der Waals surface area contributed by atoms with Gasteiger partial charge in [0.05, 0.1) is 0 Å². The molecule has 2 aromatic carbocycles. The largest absolute Gasteiger partial charge is 0.398 e. The first-order valence-corrected chi connectivity index (χ1v) is 5.82. The van der Waals surface area contributed by atoms with Crippen molar-refractivity contribution >= 4 is 5.69 Å². The molecular formula is C15H18N2. The van der Waals surface area contributed by atoms with E-state index in [1.807, 2.05) is 24.3 Å². The van der Waals surface area contributed by atoms with E-state index in [1.165, 1.54) is 11.1 Å². The van der Waals surface area contributed by atoms with E-state index < -0.39 is 0 Å². The van der Waals surface area contributed by atoms with Crippen LogP contribution in [0.1, 0.15) is 22.7 Å². The molecule has 0 aliphatic heterocycles. The smallest absolute Gasteiger partial charge is 0.0362 e. The molecule has 0 radical (unpaired) electrons. The van der Waals surface area contributed by atoms with Gasteiger partial charge in [0.25, 0.3) is 0 Å². The molecular weight excluding hydrogens is 208 g/mol. The minimum atomic E-state index is -0.0435. The Balaban J connectivity index is 2.17. The van der Waals surface area contributed by atoms with Gasteiger partial charge in [0.1, 0.15) is 0 Å². The second kappa shape index (κ2) is 5.02. The maximum atomic E-state index is 6.20. The highest BCUT2D eigenvalue weighted by Gasteiger charge is 2.09. The van der Waals surface area contributed by atoms with Crippen LogP contribution in [0, 0.1) is 6.92 Å². The van der Waals surface area contributed by atoms with Crippen LogP contribution < -0.4 is 11.5 Å². The first-order chi connectivity index (χ1) is 8.16. The van der Waals surface area contributed by atoms with Crippen molar-refractivity contribution in [3.63, 3.8) is 0 Å². The maximum absolute atomic E-state index is 6.20. The number of anilines is 1. The van der Waals surface area contributed by atoms with Gasteiger partial charge in [-0.2, -0.15) is 0 Å². The zero-order valence-corrected chi connectivity index (χ0v) is 10.1. The highest BCUT2D eigenvalue weighted by atomic mass is 14.7. The van der Waals surface area contributed by atoms with Crippen molar-refractivity contribution in [1.82, 2.24) is 0 Å². The van der Waals surface area contributed by atoms with Gasteiger partial charge in [0, 0.05) is 11.7 Å². The summed E-state index contributed by atoms with van der Waals surface area (Å²) in [6, 6.07) is 16.2. The summed E-state index contributed by atoms with van der Waals surface area (Å²) >= 11 is 0. The maximum Gasteiger partial charge on any atom is 0.0362 e. The summed E-state index contributed by atoms with van der Waals surface area (Å²) in [5, 5.41) is 0. The van der Waals surface area contributed by atoms with Crippen LogP contribution in [0.3, 0.4) is 0 Å². The summed E-state index contributed by atoms with van der Waals surface area (Å²) in [5.41, 5.74) is 16.4. The predicted octanol–water partition coefficient (Wildman–Crippen LogP) is 2.82. The Labute approximate surface area is 102 Å². The minimum absolute atomic E-state index is 0.0435. The molecule has 88 valence electrons. The Morgan fingerprint density at radius 1 is 1.06 bits per heavy atom. The van der Waals surface area contributed by atoms with Crippen molar-refractivity contribution in [2.45, 2.75) is 19.4 Å². The number of para-hydroxylation sites is 1. The molecule has 0 aliphatic rings. The Kier molecular flexibility index (Phi) is 3.45. The van der Waals surface area contributed by atoms with E-state index in [1.54, 1.807) is 0 Å². The van der Waals surface area contributed by atoms with Crippen LogP contribution in [0.5, 0.6) is 0 Å². The van der Waals surface area contributed by atoms with Crippen LogP contribution in [0.2, 0.25) is 0 Å². The Bertz CT molecular complexity index is 506. The fourth-order valence-corrected chi connectivity index (χ4v) is 2.05. The van der Waals surface area contributed by atoms with Crippen LogP contribution >= 0.6 is 0 Å². The molecule has 17 heavy (non-hydrogen) atoms. The number of nitrogen functional groups attached to an aromatic ring is 1. The minimum Gasteiger partial charge on any atom is -0.398 e. The molecule has 1 atom stereocenters. The number of aryl methyl sites for hydroxylation is 1. The number of nitrogens with two attached hydrogens (primary N) is 2. The van der Waals surface area contributed by atoms with Gasteiger partial charge in [-0.15, -0.1) is 0 Å². The van der Waals surface area contributed by atoms with Crippen LogP contribution in [-0.4, -0.2) is 0 Å². The van der Waals surface area contributed by atoms with Crippen molar-refractivity contribution in [3.8, 4) is 0 Å². The fraction of sp³-hybridized carbons (Fsp3) is 0.200. The van der Waals surface area contributed by atoms with Crippen molar-refractivity contribution in [3.05, 3.63) is 65.2 Å². The van der Waals surface area contributed by atoms with Gasteiger partial charge < -0.3 is 11.5 Å². The van der Waals surface area contributed by atoms with Crippen molar-refractivity contribution in [1.29, 1.82) is 0 Å². The summed E-state index contributed by atoms with van der Waals surface area (Å²) in [5.74, 6) is 0. The summed E-state index contributed by atoms with van der Waals surface area (Å²) in [4.78, 5) is 0. The lowest BCUT2D eigenvalue weighted by Gasteiger charge is -2.14. The molecule has 0 saturated carbocycles. The molecule has 0 aromatic heterocycles. The van der Waals surface area contributed by atoms with Crippen LogP contribution in [0.25, 0.3) is 0 Å². The van der Waals surface area contributed by atoms with E-state index in [2.05, 4.69) is 31.2 Å². The molecule has 0 amide bonds. The first-order valence-electron chi connectivity index (χ1n) is 5.82. The molecule has 2 aromatic rings. The molecule has 0 aliphatic carbocycles. The lowest BCUT2D eigenvalue weighted by atomic mass is 9.97. The SMILES string of the molecule is Cc1cccc(CC(N)c2ccccc2N)c1. The zero-order valence-electron chi connectivity index (χ0n) is 10.1. The summed E-state index contributed by atoms with van der Waals surface area (Å²) in [6.07, 6.45) is 0.815. The molecule has 2 nitrogen and oxygen atoms in total. The van der Waals surface area contributed by atoms with Gasteiger partial charge in [0.2, 0.25) is 0 Å². The van der Waals surface area contributed by atoms with Crippen molar-refractivity contribution in [2.24, 2.45) is 5.73 Å². The number of rotatable bonds is 3. The van der Waals surface area contributed by atoms with Gasteiger partial charge >= 0.3 is 0 Å². The average Bonchev–Trinajstić information content (AvgIpc) is 2.29. The second-order valence-corrected chi connectivity index (χ2v) is 4.43. The third kappa shape index (κ3) is 2.86. The van der Waals surface area contributed by atoms with Crippen molar-refractivity contribution in [2.75, 3.05) is 5.73 Å². The van der Waals surface area contributed by atoms with Crippen LogP contribution in [0.4, 0.5) is 5.69 Å². The normalized spacial score (nSPS) is 12.4. The molecule has 0 fully saturated rings. The molecule has 0 bridgehead atoms. The molecule has 0 saturated heterocycles. The summed E-state index contributed by atoms with van der Waals surface area (Å²) in [6.45, 7) is 2.09. The average molecular weight is 226 g/mol. The molecule has 0 spiro atoms. The van der Waals surface area contributed by atoms with Gasteiger partial charge in [-0.05, 0) is 30.5 Å². The highest BCUT2D eigenvalue weighted by Crippen LogP contribution is 2.21. The topological polar surface area (TPSA) is 52.0 Å². The summed E-state index contributed by atoms with van der Waals surface area (Å²) in [7, 11) is 0. The van der Waals surface area contributed by atoms with Gasteiger partial charge in [0.15, 0.2) is 0 Å². The molecule has 1 unspecified atom stereocenters. The Hall–Kier alpha value is -1.80. The molecule has 2 rings (SSSR count). The highest BCUT2D eigenvalue weighted by molar-refractivity contribution is 5.48. The molecule has 2 heteroatoms. The van der Waals surface area contributed by atoms with E-state index in [0.717, 1.165) is 17.7 Å². The zero-order chi connectivity index (χ0) is 12.3. The van der Waals surface area contributed by atoms with Crippen molar-refractivity contribution < 1.29 is 0 Å². The van der Waals surface area contributed by atoms with Gasteiger partial charge in [-0.25, -0.2) is 0 Å². The lowest BCUT2D eigenvalue weighted by Crippen LogP contribution is -2.15. The van der Waals surface area contributed by atoms with E-state index in [9.17, 15) is 0 Å². The van der Waals surface area contributed by atoms with Crippen LogP contribution in [-0.2, 0) is 6.42 Å². The second-order valence-electron chi connectivity index (χ2n) is 4.43. The third-order valence-corrected chi connectivity index (χ3v) is 2.93. The first kappa shape index (κ1) is 11.7. The van der Waals surface area contributed by atoms with Crippen LogP contribution in [0.15, 0.2) is 48.5 Å². The molecule has 4 N–H and O–H groups in total. The van der Waals surface area contributed by atoms with E-state index >= 15 is 0 Å². The monoisotopic (exact) mass is 226 g/mol. The Morgan fingerprint density at radius 2 is 1.82 bits per heavy atom. The molecule has 0 heterocycles. The third-order valence-electron chi connectivity index (χ3n) is 2.93. The standard InChI is InChI=1S/C15H18N2/c1-11-5-4-6-12(9-11)10-15(17)13-7-2-3-8-14(13)16/h2-9,15H,10,16-17H2,1H3. The summed E-state index contributed by atoms with van der Waals surface area (Å²) < 4.78 is 0. The van der Waals surface area contributed by atoms with Gasteiger partial charge in [-0.3, -0.25) is 0 Å². The predicted molar refractivity (Wildman–Crippen MR) is 72.7 cm³/mol.